The summed E-state index contributed by atoms with van der Waals surface area (Å²) in [4.78, 5) is 19.0. The van der Waals surface area contributed by atoms with Crippen LogP contribution < -0.4 is 15.0 Å². The van der Waals surface area contributed by atoms with Crippen molar-refractivity contribution in [2.24, 2.45) is 0 Å². The van der Waals surface area contributed by atoms with Gasteiger partial charge in [-0.05, 0) is 17.7 Å². The highest BCUT2D eigenvalue weighted by molar-refractivity contribution is 7.98. The standard InChI is InChI=1S/C15H13ClN4O3S/c16-10-4-8(5-11-12(10)23-3-1-2-22-11)7-24-15-18-13-9(6-17-20-13)14(21)19-15/h4-6H,1-3,7H2,(H2,17,18,19,20,21). The Morgan fingerprint density at radius 3 is 3.08 bits per heavy atom. The highest BCUT2D eigenvalue weighted by Crippen LogP contribution is 2.39. The number of nitrogens with zero attached hydrogens (tertiary/aromatic N) is 2. The van der Waals surface area contributed by atoms with Crippen molar-refractivity contribution in [1.29, 1.82) is 0 Å². The number of nitrogens with one attached hydrogen (secondary N) is 2. The molecule has 0 bridgehead atoms. The van der Waals surface area contributed by atoms with Gasteiger partial charge in [0.1, 0.15) is 5.39 Å². The van der Waals surface area contributed by atoms with Crippen LogP contribution in [0.4, 0.5) is 0 Å². The van der Waals surface area contributed by atoms with Crippen LogP contribution >= 0.6 is 23.4 Å². The normalized spacial score (nSPS) is 13.9. The number of H-pyrrole nitrogens is 2. The molecule has 0 amide bonds. The molecule has 3 aromatic rings. The summed E-state index contributed by atoms with van der Waals surface area (Å²) in [5.74, 6) is 1.83. The Bertz CT molecular complexity index is 956. The van der Waals surface area contributed by atoms with E-state index in [2.05, 4.69) is 20.2 Å². The number of rotatable bonds is 3. The second-order valence-corrected chi connectivity index (χ2v) is 6.62. The lowest BCUT2D eigenvalue weighted by atomic mass is 10.2. The average Bonchev–Trinajstić information content (AvgIpc) is 2.91. The minimum Gasteiger partial charge on any atom is -0.489 e. The van der Waals surface area contributed by atoms with E-state index in [1.54, 1.807) is 0 Å². The summed E-state index contributed by atoms with van der Waals surface area (Å²) in [7, 11) is 0. The molecule has 9 heteroatoms. The lowest BCUT2D eigenvalue weighted by Gasteiger charge is -2.11. The maximum absolute atomic E-state index is 11.9. The minimum atomic E-state index is -0.215. The Morgan fingerprint density at radius 1 is 1.29 bits per heavy atom. The van der Waals surface area contributed by atoms with Crippen LogP contribution in [0, 0.1) is 0 Å². The number of hydrogen-bond donors (Lipinski definition) is 2. The van der Waals surface area contributed by atoms with Gasteiger partial charge in [-0.3, -0.25) is 9.89 Å². The molecule has 0 aliphatic carbocycles. The van der Waals surface area contributed by atoms with Gasteiger partial charge >= 0.3 is 0 Å². The number of thioether (sulfide) groups is 1. The fourth-order valence-corrected chi connectivity index (χ4v) is 3.49. The van der Waals surface area contributed by atoms with E-state index in [4.69, 9.17) is 21.1 Å². The van der Waals surface area contributed by atoms with Crippen LogP contribution in [0.15, 0.2) is 28.3 Å². The number of benzene rings is 1. The Labute approximate surface area is 145 Å². The molecule has 24 heavy (non-hydrogen) atoms. The number of fused-ring (bicyclic) bond motifs is 2. The Hall–Kier alpha value is -2.19. The van der Waals surface area contributed by atoms with E-state index in [0.717, 1.165) is 12.0 Å². The molecule has 1 aromatic carbocycles. The molecule has 2 aromatic heterocycles. The van der Waals surface area contributed by atoms with Gasteiger partial charge < -0.3 is 14.5 Å². The Morgan fingerprint density at radius 2 is 2.17 bits per heavy atom. The molecule has 0 unspecified atom stereocenters. The Kier molecular flexibility index (Phi) is 4.07. The van der Waals surface area contributed by atoms with Gasteiger partial charge in [0, 0.05) is 12.2 Å². The third-order valence-corrected chi connectivity index (χ3v) is 4.76. The third-order valence-electron chi connectivity index (χ3n) is 3.54. The first-order chi connectivity index (χ1) is 11.7. The van der Waals surface area contributed by atoms with Crippen molar-refractivity contribution < 1.29 is 9.47 Å². The largest absolute Gasteiger partial charge is 0.489 e. The lowest BCUT2D eigenvalue weighted by Crippen LogP contribution is -2.08. The fraction of sp³-hybridized carbons (Fsp3) is 0.267. The van der Waals surface area contributed by atoms with Crippen LogP contribution in [0.25, 0.3) is 11.0 Å². The maximum Gasteiger partial charge on any atom is 0.262 e. The predicted octanol–water partition coefficient (Wildman–Crippen LogP) is 2.75. The number of ether oxygens (including phenoxy) is 2. The maximum atomic E-state index is 11.9. The molecule has 0 saturated carbocycles. The first kappa shape index (κ1) is 15.3. The summed E-state index contributed by atoms with van der Waals surface area (Å²) in [6.07, 6.45) is 2.28. The number of aromatic nitrogens is 4. The molecular formula is C15H13ClN4O3S. The highest BCUT2D eigenvalue weighted by atomic mass is 35.5. The second-order valence-electron chi connectivity index (χ2n) is 5.25. The first-order valence-corrected chi connectivity index (χ1v) is 8.71. The van der Waals surface area contributed by atoms with Crippen LogP contribution in [0.2, 0.25) is 5.02 Å². The number of aromatic amines is 2. The van der Waals surface area contributed by atoms with Crippen molar-refractivity contribution in [3.05, 3.63) is 39.3 Å². The van der Waals surface area contributed by atoms with E-state index in [1.165, 1.54) is 18.0 Å². The SMILES string of the molecule is O=c1[nH]c(SCc2cc(Cl)c3c(c2)OCCCO3)nc2[nH]ncc12. The number of halogens is 1. The first-order valence-electron chi connectivity index (χ1n) is 7.35. The van der Waals surface area contributed by atoms with Gasteiger partial charge in [0.2, 0.25) is 0 Å². The molecule has 124 valence electrons. The van der Waals surface area contributed by atoms with Gasteiger partial charge in [0.05, 0.1) is 24.4 Å². The molecule has 0 spiro atoms. The van der Waals surface area contributed by atoms with Crippen molar-refractivity contribution in [2.75, 3.05) is 13.2 Å². The second kappa shape index (κ2) is 6.37. The van der Waals surface area contributed by atoms with Crippen molar-refractivity contribution in [3.8, 4) is 11.5 Å². The zero-order valence-corrected chi connectivity index (χ0v) is 14.0. The Balaban J connectivity index is 1.57. The molecule has 0 radical (unpaired) electrons. The minimum absolute atomic E-state index is 0.215. The summed E-state index contributed by atoms with van der Waals surface area (Å²) >= 11 is 7.69. The van der Waals surface area contributed by atoms with Gasteiger partial charge in [-0.25, -0.2) is 4.98 Å². The van der Waals surface area contributed by atoms with E-state index in [-0.39, 0.29) is 5.56 Å². The molecule has 0 atom stereocenters. The molecule has 0 saturated heterocycles. The van der Waals surface area contributed by atoms with Crippen molar-refractivity contribution in [1.82, 2.24) is 20.2 Å². The number of hydrogen-bond acceptors (Lipinski definition) is 6. The summed E-state index contributed by atoms with van der Waals surface area (Å²) in [5.41, 5.74) is 1.22. The zero-order chi connectivity index (χ0) is 16.5. The van der Waals surface area contributed by atoms with Crippen molar-refractivity contribution in [2.45, 2.75) is 17.3 Å². The van der Waals surface area contributed by atoms with E-state index in [9.17, 15) is 4.79 Å². The van der Waals surface area contributed by atoms with Crippen LogP contribution in [0.1, 0.15) is 12.0 Å². The van der Waals surface area contributed by atoms with Crippen LogP contribution in [0.5, 0.6) is 11.5 Å². The van der Waals surface area contributed by atoms with Gasteiger partial charge in [0.15, 0.2) is 22.3 Å². The molecule has 4 rings (SSSR count). The van der Waals surface area contributed by atoms with Gasteiger partial charge in [0.25, 0.3) is 5.56 Å². The van der Waals surface area contributed by atoms with Crippen LogP contribution in [-0.4, -0.2) is 33.4 Å². The summed E-state index contributed by atoms with van der Waals surface area (Å²) in [6, 6.07) is 3.75. The van der Waals surface area contributed by atoms with Crippen LogP contribution in [0.3, 0.4) is 0 Å². The smallest absolute Gasteiger partial charge is 0.262 e. The molecular weight excluding hydrogens is 352 g/mol. The molecule has 0 fully saturated rings. The average molecular weight is 365 g/mol. The monoisotopic (exact) mass is 364 g/mol. The zero-order valence-electron chi connectivity index (χ0n) is 12.5. The topological polar surface area (TPSA) is 92.9 Å². The fourth-order valence-electron chi connectivity index (χ4n) is 2.41. The van der Waals surface area contributed by atoms with Gasteiger partial charge in [-0.2, -0.15) is 5.10 Å². The van der Waals surface area contributed by atoms with E-state index in [0.29, 0.717) is 51.7 Å². The molecule has 7 nitrogen and oxygen atoms in total. The van der Waals surface area contributed by atoms with E-state index >= 15 is 0 Å². The predicted molar refractivity (Wildman–Crippen MR) is 91.1 cm³/mol. The van der Waals surface area contributed by atoms with Crippen molar-refractivity contribution >= 4 is 34.4 Å². The van der Waals surface area contributed by atoms with E-state index < -0.39 is 0 Å². The molecule has 3 heterocycles. The summed E-state index contributed by atoms with van der Waals surface area (Å²) < 4.78 is 11.3. The quantitative estimate of drug-likeness (QED) is 0.548. The van der Waals surface area contributed by atoms with Crippen molar-refractivity contribution in [3.63, 3.8) is 0 Å². The van der Waals surface area contributed by atoms with Crippen LogP contribution in [-0.2, 0) is 5.75 Å². The lowest BCUT2D eigenvalue weighted by molar-refractivity contribution is 0.297. The molecule has 1 aliphatic rings. The van der Waals surface area contributed by atoms with E-state index in [1.807, 2.05) is 12.1 Å². The molecule has 1 aliphatic heterocycles. The highest BCUT2D eigenvalue weighted by Gasteiger charge is 2.16. The van der Waals surface area contributed by atoms with Gasteiger partial charge in [-0.1, -0.05) is 23.4 Å². The summed E-state index contributed by atoms with van der Waals surface area (Å²) in [5, 5.41) is 8.01. The molecule has 2 N–H and O–H groups in total. The summed E-state index contributed by atoms with van der Waals surface area (Å²) in [6.45, 7) is 1.20. The van der Waals surface area contributed by atoms with Gasteiger partial charge in [-0.15, -0.1) is 0 Å². The third kappa shape index (κ3) is 2.94.